The number of nitrogens with zero attached hydrogens (tertiary/aromatic N) is 1. The first-order chi connectivity index (χ1) is 14.4. The number of aliphatic hydroxyl groups is 2. The SMILES string of the molecule is C=CN1CC[C@]23c4c5ccc(O)c4O[C@H]2[C@@]2(O)CC[C@@]3(C[C@@H]2[C@@](C)(O)C(F)(F)F)[C@H]1C5.Cl. The molecule has 1 aromatic rings. The second-order valence-electron chi connectivity index (χ2n) is 10.4. The highest BCUT2D eigenvalue weighted by atomic mass is 35.5. The Balaban J connectivity index is 0.00000216. The molecule has 6 aliphatic rings. The van der Waals surface area contributed by atoms with E-state index in [1.54, 1.807) is 12.3 Å². The van der Waals surface area contributed by atoms with Gasteiger partial charge in [-0.15, -0.1) is 12.4 Å². The molecule has 176 valence electrons. The highest BCUT2D eigenvalue weighted by Crippen LogP contribution is 2.77. The van der Waals surface area contributed by atoms with E-state index in [1.165, 1.54) is 0 Å². The average molecular weight is 474 g/mol. The Kier molecular flexibility index (Phi) is 4.21. The molecular formula is C23H27ClF3NO4. The third-order valence-electron chi connectivity index (χ3n) is 9.54. The number of hydrogen-bond acceptors (Lipinski definition) is 5. The molecule has 0 aromatic heterocycles. The van der Waals surface area contributed by atoms with Gasteiger partial charge in [0.1, 0.15) is 11.7 Å². The van der Waals surface area contributed by atoms with E-state index in [0.717, 1.165) is 18.1 Å². The lowest BCUT2D eigenvalue weighted by Crippen LogP contribution is -2.82. The number of rotatable bonds is 2. The normalized spacial score (nSPS) is 42.4. The topological polar surface area (TPSA) is 73.2 Å². The zero-order chi connectivity index (χ0) is 22.2. The maximum absolute atomic E-state index is 14.0. The number of piperidine rings is 1. The van der Waals surface area contributed by atoms with E-state index in [9.17, 15) is 28.5 Å². The maximum Gasteiger partial charge on any atom is 0.417 e. The van der Waals surface area contributed by atoms with Crippen molar-refractivity contribution >= 4 is 12.4 Å². The second kappa shape index (κ2) is 6.07. The zero-order valence-corrected chi connectivity index (χ0v) is 18.5. The molecule has 0 unspecified atom stereocenters. The first-order valence-corrected chi connectivity index (χ1v) is 10.9. The van der Waals surface area contributed by atoms with Crippen LogP contribution in [0.1, 0.15) is 43.7 Å². The average Bonchev–Trinajstić information content (AvgIpc) is 3.06. The lowest BCUT2D eigenvalue weighted by Gasteiger charge is -2.74. The first-order valence-electron chi connectivity index (χ1n) is 10.9. The highest BCUT2D eigenvalue weighted by molar-refractivity contribution is 5.85. The molecule has 5 nitrogen and oxygen atoms in total. The van der Waals surface area contributed by atoms with Crippen molar-refractivity contribution in [1.82, 2.24) is 4.90 Å². The molecule has 2 spiro atoms. The predicted molar refractivity (Wildman–Crippen MR) is 112 cm³/mol. The smallest absolute Gasteiger partial charge is 0.417 e. The van der Waals surface area contributed by atoms with Crippen molar-refractivity contribution in [3.05, 3.63) is 36.0 Å². The molecule has 3 saturated carbocycles. The van der Waals surface area contributed by atoms with Gasteiger partial charge in [-0.3, -0.25) is 0 Å². The Morgan fingerprint density at radius 3 is 2.62 bits per heavy atom. The van der Waals surface area contributed by atoms with Gasteiger partial charge in [-0.25, -0.2) is 0 Å². The summed E-state index contributed by atoms with van der Waals surface area (Å²) in [6, 6.07) is 3.32. The van der Waals surface area contributed by atoms with Gasteiger partial charge in [0.05, 0.1) is 0 Å². The van der Waals surface area contributed by atoms with Crippen molar-refractivity contribution in [3.8, 4) is 11.5 Å². The number of ether oxygens (including phenoxy) is 1. The summed E-state index contributed by atoms with van der Waals surface area (Å²) in [6.07, 6.45) is -2.19. The number of halogens is 4. The van der Waals surface area contributed by atoms with E-state index in [-0.39, 0.29) is 37.0 Å². The van der Waals surface area contributed by atoms with Gasteiger partial charge in [-0.1, -0.05) is 12.6 Å². The molecule has 4 fully saturated rings. The Morgan fingerprint density at radius 2 is 1.97 bits per heavy atom. The second-order valence-corrected chi connectivity index (χ2v) is 10.4. The van der Waals surface area contributed by atoms with Crippen molar-refractivity contribution < 1.29 is 33.2 Å². The summed E-state index contributed by atoms with van der Waals surface area (Å²) in [7, 11) is 0. The fourth-order valence-corrected chi connectivity index (χ4v) is 8.24. The molecule has 4 bridgehead atoms. The zero-order valence-electron chi connectivity index (χ0n) is 17.7. The van der Waals surface area contributed by atoms with Crippen molar-refractivity contribution in [3.63, 3.8) is 0 Å². The molecule has 1 saturated heterocycles. The van der Waals surface area contributed by atoms with Crippen LogP contribution in [0.5, 0.6) is 11.5 Å². The van der Waals surface area contributed by atoms with Gasteiger partial charge in [-0.05, 0) is 56.9 Å². The van der Waals surface area contributed by atoms with Crippen molar-refractivity contribution in [2.45, 2.75) is 74.0 Å². The summed E-state index contributed by atoms with van der Waals surface area (Å²) < 4.78 is 48.2. The van der Waals surface area contributed by atoms with Gasteiger partial charge in [0.15, 0.2) is 17.1 Å². The molecule has 0 radical (unpaired) electrons. The third-order valence-corrected chi connectivity index (χ3v) is 9.54. The lowest BCUT2D eigenvalue weighted by molar-refractivity contribution is -0.343. The van der Waals surface area contributed by atoms with Crippen LogP contribution in [0.2, 0.25) is 0 Å². The molecule has 2 heterocycles. The van der Waals surface area contributed by atoms with Crippen LogP contribution >= 0.6 is 12.4 Å². The summed E-state index contributed by atoms with van der Waals surface area (Å²) in [4.78, 5) is 2.12. The monoisotopic (exact) mass is 473 g/mol. The van der Waals surface area contributed by atoms with E-state index >= 15 is 0 Å². The summed E-state index contributed by atoms with van der Waals surface area (Å²) in [6.45, 7) is 5.37. The van der Waals surface area contributed by atoms with E-state index in [2.05, 4.69) is 11.5 Å². The maximum atomic E-state index is 14.0. The summed E-state index contributed by atoms with van der Waals surface area (Å²) >= 11 is 0. The third kappa shape index (κ3) is 2.07. The highest BCUT2D eigenvalue weighted by Gasteiger charge is 2.82. The predicted octanol–water partition coefficient (Wildman–Crippen LogP) is 3.43. The Hall–Kier alpha value is -1.64. The number of hydrogen-bond donors (Lipinski definition) is 3. The number of alkyl halides is 3. The van der Waals surface area contributed by atoms with Crippen molar-refractivity contribution in [1.29, 1.82) is 0 Å². The van der Waals surface area contributed by atoms with Crippen LogP contribution in [0.15, 0.2) is 24.9 Å². The Morgan fingerprint density at radius 1 is 1.25 bits per heavy atom. The summed E-state index contributed by atoms with van der Waals surface area (Å²) in [5.74, 6) is -1.19. The van der Waals surface area contributed by atoms with E-state index in [0.29, 0.717) is 31.6 Å². The fraction of sp³-hybridized carbons (Fsp3) is 0.652. The molecule has 3 N–H and O–H groups in total. The Bertz CT molecular complexity index is 1020. The van der Waals surface area contributed by atoms with E-state index < -0.39 is 40.2 Å². The van der Waals surface area contributed by atoms with Crippen LogP contribution in [0.3, 0.4) is 0 Å². The molecule has 2 aliphatic heterocycles. The standard InChI is InChI=1S/C23H26F3NO4.ClH/c1-3-27-9-8-21-16-12-4-5-13(28)17(16)31-18(21)22(30)7-6-20(21,15(27)10-12)11-14(22)19(2,29)23(24,25)26;/h3-5,14-15,18,28-30H,1,6-11H2,2H3;1H/t14-,15-,18-,19-,20-,21+,22-;/m1./s1. The number of likely N-dealkylation sites (tertiary alicyclic amines) is 1. The molecular weight excluding hydrogens is 447 g/mol. The molecule has 9 heteroatoms. The molecule has 0 amide bonds. The Labute approximate surface area is 190 Å². The molecule has 7 atom stereocenters. The van der Waals surface area contributed by atoms with Gasteiger partial charge in [-0.2, -0.15) is 13.2 Å². The number of phenols is 1. The van der Waals surface area contributed by atoms with Crippen LogP contribution in [-0.4, -0.2) is 56.3 Å². The van der Waals surface area contributed by atoms with E-state index in [1.807, 2.05) is 6.07 Å². The minimum Gasteiger partial charge on any atom is -0.504 e. The minimum absolute atomic E-state index is 0. The van der Waals surface area contributed by atoms with Gasteiger partial charge in [0.25, 0.3) is 0 Å². The van der Waals surface area contributed by atoms with Gasteiger partial charge in [0.2, 0.25) is 0 Å². The number of phenolic OH excluding ortho intramolecular Hbond substituents is 1. The van der Waals surface area contributed by atoms with Crippen LogP contribution in [0, 0.1) is 11.3 Å². The van der Waals surface area contributed by atoms with Crippen LogP contribution in [-0.2, 0) is 11.8 Å². The molecule has 7 rings (SSSR count). The number of benzene rings is 1. The molecule has 4 aliphatic carbocycles. The molecule has 1 aromatic carbocycles. The summed E-state index contributed by atoms with van der Waals surface area (Å²) in [5.41, 5.74) is -4.37. The quantitative estimate of drug-likeness (QED) is 0.614. The summed E-state index contributed by atoms with van der Waals surface area (Å²) in [5, 5.41) is 33.2. The van der Waals surface area contributed by atoms with Crippen molar-refractivity contribution in [2.75, 3.05) is 6.54 Å². The van der Waals surface area contributed by atoms with Gasteiger partial charge in [0, 0.05) is 34.9 Å². The largest absolute Gasteiger partial charge is 0.504 e. The van der Waals surface area contributed by atoms with Crippen LogP contribution in [0.4, 0.5) is 13.2 Å². The molecule has 32 heavy (non-hydrogen) atoms. The number of aromatic hydroxyl groups is 1. The first kappa shape index (κ1) is 22.2. The van der Waals surface area contributed by atoms with Gasteiger partial charge < -0.3 is 25.0 Å². The minimum atomic E-state index is -4.89. The fourth-order valence-electron chi connectivity index (χ4n) is 8.24. The lowest BCUT2D eigenvalue weighted by atomic mass is 9.34. The van der Waals surface area contributed by atoms with Gasteiger partial charge >= 0.3 is 6.18 Å². The van der Waals surface area contributed by atoms with E-state index in [4.69, 9.17) is 4.74 Å². The van der Waals surface area contributed by atoms with Crippen LogP contribution < -0.4 is 4.74 Å². The number of fused-ring (bicyclic) bond motifs is 2. The van der Waals surface area contributed by atoms with Crippen LogP contribution in [0.25, 0.3) is 0 Å². The van der Waals surface area contributed by atoms with Crippen molar-refractivity contribution in [2.24, 2.45) is 11.3 Å².